The molecule has 2 rings (SSSR count). The van der Waals surface area contributed by atoms with Crippen molar-refractivity contribution in [3.05, 3.63) is 60.2 Å². The first-order chi connectivity index (χ1) is 13.4. The molecule has 1 unspecified atom stereocenters. The minimum Gasteiger partial charge on any atom is -0.326 e. The zero-order valence-corrected chi connectivity index (χ0v) is 16.0. The van der Waals surface area contributed by atoms with E-state index in [0.717, 1.165) is 18.6 Å². The number of hydrogen-bond donors (Lipinski definition) is 2. The fourth-order valence-corrected chi connectivity index (χ4v) is 2.76. The van der Waals surface area contributed by atoms with Crippen LogP contribution >= 0.6 is 0 Å². The van der Waals surface area contributed by atoms with Gasteiger partial charge < -0.3 is 10.6 Å². The van der Waals surface area contributed by atoms with E-state index < -0.39 is 17.7 Å². The van der Waals surface area contributed by atoms with Gasteiger partial charge in [0, 0.05) is 30.4 Å². The highest BCUT2D eigenvalue weighted by molar-refractivity contribution is 5.94. The summed E-state index contributed by atoms with van der Waals surface area (Å²) in [5.74, 6) is -2.47. The maximum absolute atomic E-state index is 13.2. The molecule has 2 amide bonds. The van der Waals surface area contributed by atoms with Crippen molar-refractivity contribution in [3.63, 3.8) is 0 Å². The average molecular weight is 389 g/mol. The molecule has 5 nitrogen and oxygen atoms in total. The number of amides is 2. The third-order valence-electron chi connectivity index (χ3n) is 4.31. The predicted molar refractivity (Wildman–Crippen MR) is 106 cm³/mol. The molecule has 2 N–H and O–H groups in total. The highest BCUT2D eigenvalue weighted by atomic mass is 19.2. The summed E-state index contributed by atoms with van der Waals surface area (Å²) in [7, 11) is 0. The van der Waals surface area contributed by atoms with Gasteiger partial charge in [-0.05, 0) is 44.2 Å². The van der Waals surface area contributed by atoms with E-state index >= 15 is 0 Å². The molecule has 0 saturated carbocycles. The van der Waals surface area contributed by atoms with E-state index in [1.807, 2.05) is 42.2 Å². The van der Waals surface area contributed by atoms with Crippen molar-refractivity contribution < 1.29 is 18.4 Å². The third-order valence-corrected chi connectivity index (χ3v) is 4.31. The molecule has 0 fully saturated rings. The van der Waals surface area contributed by atoms with E-state index in [2.05, 4.69) is 10.6 Å². The number of hydrogen-bond acceptors (Lipinski definition) is 3. The number of carbonyl (C=O) groups is 2. The second-order valence-corrected chi connectivity index (χ2v) is 6.49. The monoisotopic (exact) mass is 389 g/mol. The van der Waals surface area contributed by atoms with Crippen LogP contribution in [0.15, 0.2) is 48.5 Å². The maximum atomic E-state index is 13.2. The summed E-state index contributed by atoms with van der Waals surface area (Å²) in [4.78, 5) is 26.6. The largest absolute Gasteiger partial charge is 0.326 e. The number of nitrogens with zero attached hydrogens (tertiary/aromatic N) is 1. The smallest absolute Gasteiger partial charge is 0.241 e. The van der Waals surface area contributed by atoms with Crippen molar-refractivity contribution in [1.29, 1.82) is 0 Å². The minimum absolute atomic E-state index is 0.127. The summed E-state index contributed by atoms with van der Waals surface area (Å²) in [6.07, 6.45) is 0.954. The lowest BCUT2D eigenvalue weighted by molar-refractivity contribution is -0.122. The van der Waals surface area contributed by atoms with Gasteiger partial charge in [-0.3, -0.25) is 14.5 Å². The topological polar surface area (TPSA) is 61.4 Å². The van der Waals surface area contributed by atoms with Crippen molar-refractivity contribution in [3.8, 4) is 0 Å². The standard InChI is InChI=1S/C21H25F2N3O2/c1-3-12-26(15(2)21(28)25-16-7-5-4-6-8-16)13-11-20(27)24-17-9-10-18(22)19(23)14-17/h4-10,14-15H,3,11-13H2,1-2H3,(H,24,27)(H,25,28). The summed E-state index contributed by atoms with van der Waals surface area (Å²) in [5.41, 5.74) is 0.910. The predicted octanol–water partition coefficient (Wildman–Crippen LogP) is 4.03. The summed E-state index contributed by atoms with van der Waals surface area (Å²) >= 11 is 0. The Kier molecular flexibility index (Phi) is 8.07. The third kappa shape index (κ3) is 6.42. The molecule has 0 radical (unpaired) electrons. The van der Waals surface area contributed by atoms with Crippen molar-refractivity contribution in [2.24, 2.45) is 0 Å². The molecule has 0 saturated heterocycles. The van der Waals surface area contributed by atoms with Gasteiger partial charge in [-0.1, -0.05) is 25.1 Å². The van der Waals surface area contributed by atoms with Crippen LogP contribution in [0.2, 0.25) is 0 Å². The summed E-state index contributed by atoms with van der Waals surface area (Å²) in [6.45, 7) is 4.81. The van der Waals surface area contributed by atoms with Crippen LogP contribution in [0, 0.1) is 11.6 Å². The summed E-state index contributed by atoms with van der Waals surface area (Å²) in [6, 6.07) is 11.9. The molecule has 2 aromatic carbocycles. The lowest BCUT2D eigenvalue weighted by Gasteiger charge is -2.27. The Morgan fingerprint density at radius 2 is 1.68 bits per heavy atom. The van der Waals surface area contributed by atoms with Gasteiger partial charge in [0.25, 0.3) is 0 Å². The molecule has 0 aliphatic carbocycles. The fourth-order valence-electron chi connectivity index (χ4n) is 2.76. The lowest BCUT2D eigenvalue weighted by atomic mass is 10.2. The lowest BCUT2D eigenvalue weighted by Crippen LogP contribution is -2.43. The van der Waals surface area contributed by atoms with Gasteiger partial charge in [-0.25, -0.2) is 8.78 Å². The number of benzene rings is 2. The number of halogens is 2. The molecule has 0 bridgehead atoms. The zero-order chi connectivity index (χ0) is 20.5. The van der Waals surface area contributed by atoms with E-state index in [1.54, 1.807) is 6.92 Å². The molecule has 1 atom stereocenters. The van der Waals surface area contributed by atoms with Gasteiger partial charge in [-0.2, -0.15) is 0 Å². The van der Waals surface area contributed by atoms with Gasteiger partial charge in [0.1, 0.15) is 0 Å². The highest BCUT2D eigenvalue weighted by Crippen LogP contribution is 2.14. The van der Waals surface area contributed by atoms with Crippen LogP contribution in [-0.4, -0.2) is 35.8 Å². The number of anilines is 2. The Morgan fingerprint density at radius 3 is 2.32 bits per heavy atom. The number of carbonyl (C=O) groups excluding carboxylic acids is 2. The van der Waals surface area contributed by atoms with Crippen molar-refractivity contribution in [1.82, 2.24) is 4.90 Å². The van der Waals surface area contributed by atoms with Crippen LogP contribution in [0.5, 0.6) is 0 Å². The molecule has 28 heavy (non-hydrogen) atoms. The van der Waals surface area contributed by atoms with Crippen molar-refractivity contribution in [2.45, 2.75) is 32.7 Å². The van der Waals surface area contributed by atoms with Gasteiger partial charge in [0.2, 0.25) is 11.8 Å². The number of rotatable bonds is 9. The van der Waals surface area contributed by atoms with Gasteiger partial charge in [0.15, 0.2) is 11.6 Å². The Labute approximate surface area is 163 Å². The minimum atomic E-state index is -1.02. The SMILES string of the molecule is CCCN(CCC(=O)Nc1ccc(F)c(F)c1)C(C)C(=O)Nc1ccccc1. The van der Waals surface area contributed by atoms with E-state index in [4.69, 9.17) is 0 Å². The number of para-hydroxylation sites is 1. The quantitative estimate of drug-likeness (QED) is 0.681. The van der Waals surface area contributed by atoms with Gasteiger partial charge in [0.05, 0.1) is 6.04 Å². The molecule has 0 aliphatic heterocycles. The van der Waals surface area contributed by atoms with Crippen LogP contribution in [0.4, 0.5) is 20.2 Å². The van der Waals surface area contributed by atoms with E-state index in [1.165, 1.54) is 6.07 Å². The van der Waals surface area contributed by atoms with Crippen LogP contribution in [-0.2, 0) is 9.59 Å². The second kappa shape index (κ2) is 10.5. The van der Waals surface area contributed by atoms with Crippen molar-refractivity contribution in [2.75, 3.05) is 23.7 Å². The molecule has 7 heteroatoms. The first-order valence-corrected chi connectivity index (χ1v) is 9.25. The normalized spacial score (nSPS) is 11.9. The van der Waals surface area contributed by atoms with E-state index in [0.29, 0.717) is 18.8 Å². The highest BCUT2D eigenvalue weighted by Gasteiger charge is 2.21. The van der Waals surface area contributed by atoms with E-state index in [9.17, 15) is 18.4 Å². The zero-order valence-electron chi connectivity index (χ0n) is 16.0. The summed E-state index contributed by atoms with van der Waals surface area (Å²) < 4.78 is 26.2. The molecule has 2 aromatic rings. The van der Waals surface area contributed by atoms with Gasteiger partial charge in [-0.15, -0.1) is 0 Å². The van der Waals surface area contributed by atoms with E-state index in [-0.39, 0.29) is 23.9 Å². The second-order valence-electron chi connectivity index (χ2n) is 6.49. The van der Waals surface area contributed by atoms with Crippen LogP contribution in [0.25, 0.3) is 0 Å². The summed E-state index contributed by atoms with van der Waals surface area (Å²) in [5, 5.41) is 5.40. The Morgan fingerprint density at radius 1 is 0.964 bits per heavy atom. The first-order valence-electron chi connectivity index (χ1n) is 9.25. The van der Waals surface area contributed by atoms with Crippen LogP contribution in [0.3, 0.4) is 0 Å². The molecule has 0 spiro atoms. The molecular formula is C21H25F2N3O2. The van der Waals surface area contributed by atoms with Crippen molar-refractivity contribution >= 4 is 23.2 Å². The Bertz CT molecular complexity index is 799. The van der Waals surface area contributed by atoms with Crippen LogP contribution < -0.4 is 10.6 Å². The molecule has 150 valence electrons. The number of nitrogens with one attached hydrogen (secondary N) is 2. The molecule has 0 aromatic heterocycles. The maximum Gasteiger partial charge on any atom is 0.241 e. The Balaban J connectivity index is 1.90. The van der Waals surface area contributed by atoms with Crippen LogP contribution in [0.1, 0.15) is 26.7 Å². The molecular weight excluding hydrogens is 364 g/mol. The Hall–Kier alpha value is -2.80. The molecule has 0 heterocycles. The van der Waals surface area contributed by atoms with Gasteiger partial charge >= 0.3 is 0 Å². The molecule has 0 aliphatic rings. The fraction of sp³-hybridized carbons (Fsp3) is 0.333. The average Bonchev–Trinajstić information content (AvgIpc) is 2.68. The first kappa shape index (κ1) is 21.5.